The lowest BCUT2D eigenvalue weighted by atomic mass is 9.90. The minimum absolute atomic E-state index is 0.102. The number of allylic oxidation sites excluding steroid dienone is 5. The lowest BCUT2D eigenvalue weighted by Gasteiger charge is -2.19. The van der Waals surface area contributed by atoms with Crippen molar-refractivity contribution in [1.29, 1.82) is 0 Å². The molecule has 5 nitrogen and oxygen atoms in total. The van der Waals surface area contributed by atoms with E-state index in [2.05, 4.69) is 23.3 Å². The lowest BCUT2D eigenvalue weighted by molar-refractivity contribution is -0.491. The van der Waals surface area contributed by atoms with Gasteiger partial charge in [0.25, 0.3) is 10.1 Å². The summed E-state index contributed by atoms with van der Waals surface area (Å²) in [7, 11) is -0.335. The van der Waals surface area contributed by atoms with E-state index in [1.165, 1.54) is 6.07 Å². The summed E-state index contributed by atoms with van der Waals surface area (Å²) < 4.78 is 36.2. The SMILES string of the molecule is CCN(C)c1ccc(C(=C2C=CC(=[N+](C)CC)C=C2)c2ccccc2S(=O)(=O)O)cc1. The fraction of sp³-hybridized carbons (Fsp3) is 0.240. The van der Waals surface area contributed by atoms with Crippen molar-refractivity contribution in [2.45, 2.75) is 18.7 Å². The average molecular weight is 438 g/mol. The largest absolute Gasteiger partial charge is 0.375 e. The van der Waals surface area contributed by atoms with E-state index < -0.39 is 10.1 Å². The van der Waals surface area contributed by atoms with Crippen molar-refractivity contribution in [3.8, 4) is 0 Å². The Labute approximate surface area is 185 Å². The first-order chi connectivity index (χ1) is 14.8. The second-order valence-electron chi connectivity index (χ2n) is 7.47. The second kappa shape index (κ2) is 9.45. The van der Waals surface area contributed by atoms with Crippen LogP contribution < -0.4 is 4.90 Å². The molecule has 31 heavy (non-hydrogen) atoms. The van der Waals surface area contributed by atoms with Crippen LogP contribution in [0.25, 0.3) is 5.57 Å². The highest BCUT2D eigenvalue weighted by atomic mass is 32.2. The van der Waals surface area contributed by atoms with Crippen molar-refractivity contribution in [3.63, 3.8) is 0 Å². The third kappa shape index (κ3) is 5.03. The van der Waals surface area contributed by atoms with Crippen molar-refractivity contribution in [1.82, 2.24) is 0 Å². The number of nitrogens with zero attached hydrogens (tertiary/aromatic N) is 2. The van der Waals surface area contributed by atoms with Gasteiger partial charge < -0.3 is 4.90 Å². The van der Waals surface area contributed by atoms with Gasteiger partial charge in [0.1, 0.15) is 18.5 Å². The summed E-state index contributed by atoms with van der Waals surface area (Å²) in [5, 5.41) is 0. The zero-order valence-corrected chi connectivity index (χ0v) is 19.2. The third-order valence-corrected chi connectivity index (χ3v) is 6.49. The van der Waals surface area contributed by atoms with Gasteiger partial charge in [-0.05, 0) is 60.9 Å². The molecular formula is C25H29N2O3S+. The van der Waals surface area contributed by atoms with Crippen LogP contribution in [-0.4, -0.2) is 50.4 Å². The van der Waals surface area contributed by atoms with Crippen LogP contribution in [0.4, 0.5) is 5.69 Å². The van der Waals surface area contributed by atoms with Crippen LogP contribution in [0.2, 0.25) is 0 Å². The molecule has 0 saturated heterocycles. The van der Waals surface area contributed by atoms with Gasteiger partial charge in [-0.25, -0.2) is 4.58 Å². The number of hydrogen-bond donors (Lipinski definition) is 1. The van der Waals surface area contributed by atoms with Gasteiger partial charge in [-0.3, -0.25) is 4.55 Å². The molecule has 1 N–H and O–H groups in total. The van der Waals surface area contributed by atoms with E-state index in [0.717, 1.165) is 41.2 Å². The van der Waals surface area contributed by atoms with Crippen molar-refractivity contribution in [3.05, 3.63) is 89.5 Å². The first kappa shape index (κ1) is 22.7. The molecule has 0 aromatic heterocycles. The monoisotopic (exact) mass is 437 g/mol. The van der Waals surface area contributed by atoms with Gasteiger partial charge >= 0.3 is 0 Å². The second-order valence-corrected chi connectivity index (χ2v) is 8.86. The zero-order valence-electron chi connectivity index (χ0n) is 18.4. The van der Waals surface area contributed by atoms with E-state index in [0.29, 0.717) is 5.56 Å². The van der Waals surface area contributed by atoms with E-state index in [1.54, 1.807) is 18.2 Å². The maximum atomic E-state index is 12.1. The molecule has 3 rings (SSSR count). The summed E-state index contributed by atoms with van der Waals surface area (Å²) in [5.74, 6) is 0. The Morgan fingerprint density at radius 1 is 0.968 bits per heavy atom. The third-order valence-electron chi connectivity index (χ3n) is 5.58. The molecule has 0 spiro atoms. The quantitative estimate of drug-likeness (QED) is 0.537. The molecule has 1 aliphatic carbocycles. The summed E-state index contributed by atoms with van der Waals surface area (Å²) in [4.78, 5) is 2.03. The Morgan fingerprint density at radius 2 is 1.58 bits per heavy atom. The van der Waals surface area contributed by atoms with E-state index in [9.17, 15) is 13.0 Å². The smallest absolute Gasteiger partial charge is 0.295 e. The van der Waals surface area contributed by atoms with Crippen LogP contribution in [0.3, 0.4) is 0 Å². The van der Waals surface area contributed by atoms with Gasteiger partial charge in [-0.15, -0.1) is 0 Å². The molecule has 162 valence electrons. The summed E-state index contributed by atoms with van der Waals surface area (Å²) in [5.41, 5.74) is 5.13. The van der Waals surface area contributed by atoms with Crippen LogP contribution in [0.5, 0.6) is 0 Å². The molecule has 0 amide bonds. The Balaban J connectivity index is 2.24. The fourth-order valence-corrected chi connectivity index (χ4v) is 4.20. The fourth-order valence-electron chi connectivity index (χ4n) is 3.51. The van der Waals surface area contributed by atoms with Crippen molar-refractivity contribution < 1.29 is 17.5 Å². The highest BCUT2D eigenvalue weighted by Gasteiger charge is 2.21. The minimum atomic E-state index is -4.38. The predicted octanol–water partition coefficient (Wildman–Crippen LogP) is 4.42. The van der Waals surface area contributed by atoms with E-state index in [-0.39, 0.29) is 4.90 Å². The molecule has 2 aromatic carbocycles. The van der Waals surface area contributed by atoms with Gasteiger partial charge in [0, 0.05) is 37.0 Å². The van der Waals surface area contributed by atoms with Crippen LogP contribution >= 0.6 is 0 Å². The molecule has 2 aromatic rings. The Morgan fingerprint density at radius 3 is 2.13 bits per heavy atom. The predicted molar refractivity (Wildman–Crippen MR) is 128 cm³/mol. The number of rotatable bonds is 6. The van der Waals surface area contributed by atoms with Crippen molar-refractivity contribution >= 4 is 27.1 Å². The number of hydrogen-bond acceptors (Lipinski definition) is 3. The van der Waals surface area contributed by atoms with E-state index >= 15 is 0 Å². The summed E-state index contributed by atoms with van der Waals surface area (Å²) >= 11 is 0. The number of benzene rings is 2. The van der Waals surface area contributed by atoms with Crippen LogP contribution in [-0.2, 0) is 10.1 Å². The molecule has 0 fully saturated rings. The molecule has 0 unspecified atom stereocenters. The molecule has 0 saturated carbocycles. The topological polar surface area (TPSA) is 60.6 Å². The van der Waals surface area contributed by atoms with Crippen molar-refractivity contribution in [2.24, 2.45) is 0 Å². The maximum absolute atomic E-state index is 12.1. The van der Waals surface area contributed by atoms with Gasteiger partial charge in [0.2, 0.25) is 0 Å². The van der Waals surface area contributed by atoms with Gasteiger partial charge in [0.15, 0.2) is 5.71 Å². The summed E-state index contributed by atoms with van der Waals surface area (Å²) in [6, 6.07) is 14.6. The highest BCUT2D eigenvalue weighted by molar-refractivity contribution is 7.86. The molecule has 0 radical (unpaired) electrons. The normalized spacial score (nSPS) is 13.5. The van der Waals surface area contributed by atoms with Gasteiger partial charge in [-0.2, -0.15) is 8.42 Å². The molecule has 0 heterocycles. The maximum Gasteiger partial charge on any atom is 0.295 e. The standard InChI is InChI=1S/C25H28N2O3S/c1-5-26(3)21-15-11-19(12-16-21)25(20-13-17-22(18-14-20)27(4)6-2)23-9-7-8-10-24(23)31(28,29)30/h7-18H,5-6H2,1-4H3/p+1. The first-order valence-electron chi connectivity index (χ1n) is 10.3. The molecule has 1 aliphatic rings. The first-order valence-corrected chi connectivity index (χ1v) is 11.8. The summed E-state index contributed by atoms with van der Waals surface area (Å²) in [6.45, 7) is 5.94. The van der Waals surface area contributed by atoms with Crippen LogP contribution in [0.15, 0.2) is 83.3 Å². The van der Waals surface area contributed by atoms with Crippen molar-refractivity contribution in [2.75, 3.05) is 32.1 Å². The van der Waals surface area contributed by atoms with Crippen LogP contribution in [0.1, 0.15) is 25.0 Å². The van der Waals surface area contributed by atoms with E-state index in [4.69, 9.17) is 0 Å². The lowest BCUT2D eigenvalue weighted by Crippen LogP contribution is -2.15. The number of anilines is 1. The average Bonchev–Trinajstić information content (AvgIpc) is 2.79. The minimum Gasteiger partial charge on any atom is -0.375 e. The highest BCUT2D eigenvalue weighted by Crippen LogP contribution is 2.34. The Kier molecular flexibility index (Phi) is 6.93. The molecule has 0 aliphatic heterocycles. The summed E-state index contributed by atoms with van der Waals surface area (Å²) in [6.07, 6.45) is 8.02. The molecule has 0 atom stereocenters. The van der Waals surface area contributed by atoms with E-state index in [1.807, 2.05) is 62.7 Å². The van der Waals surface area contributed by atoms with Crippen LogP contribution in [0, 0.1) is 0 Å². The molecule has 6 heteroatoms. The molecule has 0 bridgehead atoms. The Hall–Kier alpha value is -2.96. The van der Waals surface area contributed by atoms with Gasteiger partial charge in [-0.1, -0.05) is 30.3 Å². The molecular weight excluding hydrogens is 408 g/mol. The van der Waals surface area contributed by atoms with Gasteiger partial charge in [0.05, 0.1) is 0 Å². The Bertz CT molecular complexity index is 1170. The zero-order chi connectivity index (χ0) is 22.6.